The summed E-state index contributed by atoms with van der Waals surface area (Å²) >= 11 is 0. The second-order valence-electron chi connectivity index (χ2n) is 8.22. The van der Waals surface area contributed by atoms with E-state index in [-0.39, 0.29) is 5.97 Å². The quantitative estimate of drug-likeness (QED) is 0.165. The Hall–Kier alpha value is -3.27. The second kappa shape index (κ2) is 13.3. The fourth-order valence-corrected chi connectivity index (χ4v) is 3.60. The van der Waals surface area contributed by atoms with E-state index in [1.165, 1.54) is 30.4 Å². The summed E-state index contributed by atoms with van der Waals surface area (Å²) in [6.07, 6.45) is 15.3. The molecule has 0 unspecified atom stereocenters. The van der Waals surface area contributed by atoms with Crippen molar-refractivity contribution in [3.63, 3.8) is 0 Å². The van der Waals surface area contributed by atoms with Crippen molar-refractivity contribution in [1.29, 1.82) is 0 Å². The van der Waals surface area contributed by atoms with E-state index in [4.69, 9.17) is 4.74 Å². The Morgan fingerprint density at radius 2 is 1.45 bits per heavy atom. The first-order chi connectivity index (χ1) is 16.2. The number of esters is 1. The van der Waals surface area contributed by atoms with E-state index in [1.807, 2.05) is 12.1 Å². The van der Waals surface area contributed by atoms with Crippen molar-refractivity contribution in [3.05, 3.63) is 78.6 Å². The lowest BCUT2D eigenvalue weighted by molar-refractivity contribution is -0.134. The number of aromatic nitrogens is 2. The average Bonchev–Trinajstić information content (AvgIpc) is 2.85. The van der Waals surface area contributed by atoms with Crippen LogP contribution in [-0.2, 0) is 11.2 Å². The third-order valence-electron chi connectivity index (χ3n) is 5.51. The van der Waals surface area contributed by atoms with Crippen LogP contribution in [0.3, 0.4) is 0 Å². The Bertz CT molecular complexity index is 1010. The Labute approximate surface area is 197 Å². The highest BCUT2D eigenvalue weighted by molar-refractivity contribution is 5.72. The Morgan fingerprint density at radius 3 is 2.09 bits per heavy atom. The van der Waals surface area contributed by atoms with Crippen LogP contribution in [0.5, 0.6) is 5.75 Å². The van der Waals surface area contributed by atoms with Crippen LogP contribution in [0.15, 0.2) is 73.1 Å². The van der Waals surface area contributed by atoms with Crippen molar-refractivity contribution in [2.75, 3.05) is 0 Å². The van der Waals surface area contributed by atoms with Crippen LogP contribution in [-0.4, -0.2) is 15.9 Å². The predicted molar refractivity (Wildman–Crippen MR) is 135 cm³/mol. The third kappa shape index (κ3) is 7.98. The molecule has 33 heavy (non-hydrogen) atoms. The molecule has 3 aromatic rings. The smallest absolute Gasteiger partial charge is 0.311 e. The van der Waals surface area contributed by atoms with Gasteiger partial charge >= 0.3 is 5.97 Å². The van der Waals surface area contributed by atoms with E-state index >= 15 is 0 Å². The number of allylic oxidation sites excluding steroid dienone is 2. The van der Waals surface area contributed by atoms with E-state index in [0.29, 0.717) is 18.0 Å². The molecule has 0 amide bonds. The van der Waals surface area contributed by atoms with Gasteiger partial charge in [0.15, 0.2) is 11.6 Å². The van der Waals surface area contributed by atoms with Gasteiger partial charge in [-0.1, -0.05) is 87.4 Å². The van der Waals surface area contributed by atoms with E-state index in [2.05, 4.69) is 72.4 Å². The SMILES string of the molecule is CCC=CCCCC(=O)Oc1cnc(-c2ccc(-c3ccc(CCCCC)cc3)cc2)nc1. The molecule has 2 aromatic carbocycles. The van der Waals surface area contributed by atoms with Gasteiger partial charge in [0.25, 0.3) is 0 Å². The molecule has 4 heteroatoms. The minimum absolute atomic E-state index is 0.253. The normalized spacial score (nSPS) is 11.1. The van der Waals surface area contributed by atoms with Crippen molar-refractivity contribution < 1.29 is 9.53 Å². The maximum atomic E-state index is 12.0. The molecular weight excluding hydrogens is 408 g/mol. The maximum absolute atomic E-state index is 12.0. The molecule has 0 saturated carbocycles. The van der Waals surface area contributed by atoms with E-state index < -0.39 is 0 Å². The fraction of sp³-hybridized carbons (Fsp3) is 0.345. The topological polar surface area (TPSA) is 52.1 Å². The summed E-state index contributed by atoms with van der Waals surface area (Å²) in [4.78, 5) is 20.7. The first-order valence-corrected chi connectivity index (χ1v) is 12.1. The van der Waals surface area contributed by atoms with Gasteiger partial charge in [-0.05, 0) is 48.8 Å². The van der Waals surface area contributed by atoms with Crippen LogP contribution < -0.4 is 4.74 Å². The minimum Gasteiger partial charge on any atom is -0.423 e. The standard InChI is InChI=1S/C29H34N2O2/c1-3-5-7-8-10-12-28(32)33-27-21-30-29(31-22-27)26-19-17-25(18-20-26)24-15-13-23(14-16-24)11-9-6-4-2/h5,7,13-22H,3-4,6,8-12H2,1-2H3. The van der Waals surface area contributed by atoms with E-state index in [0.717, 1.165) is 36.8 Å². The van der Waals surface area contributed by atoms with Crippen LogP contribution in [0.2, 0.25) is 0 Å². The summed E-state index contributed by atoms with van der Waals surface area (Å²) in [6, 6.07) is 17.1. The number of hydrogen-bond acceptors (Lipinski definition) is 4. The number of rotatable bonds is 12. The van der Waals surface area contributed by atoms with Crippen molar-refractivity contribution in [3.8, 4) is 28.3 Å². The zero-order chi connectivity index (χ0) is 23.3. The number of carbonyl (C=O) groups is 1. The van der Waals surface area contributed by atoms with E-state index in [1.54, 1.807) is 12.4 Å². The largest absolute Gasteiger partial charge is 0.423 e. The molecule has 172 valence electrons. The Morgan fingerprint density at radius 1 is 0.818 bits per heavy atom. The summed E-state index contributed by atoms with van der Waals surface area (Å²) in [7, 11) is 0. The molecule has 0 aliphatic carbocycles. The fourth-order valence-electron chi connectivity index (χ4n) is 3.60. The molecule has 0 aliphatic heterocycles. The van der Waals surface area contributed by atoms with Crippen molar-refractivity contribution in [2.24, 2.45) is 0 Å². The number of carbonyl (C=O) groups excluding carboxylic acids is 1. The van der Waals surface area contributed by atoms with E-state index in [9.17, 15) is 4.79 Å². The van der Waals surface area contributed by atoms with Gasteiger partial charge in [0.05, 0.1) is 12.4 Å². The molecule has 4 nitrogen and oxygen atoms in total. The number of nitrogens with zero attached hydrogens (tertiary/aromatic N) is 2. The highest BCUT2D eigenvalue weighted by atomic mass is 16.5. The number of hydrogen-bond donors (Lipinski definition) is 0. The van der Waals surface area contributed by atoms with Crippen LogP contribution in [0.4, 0.5) is 0 Å². The van der Waals surface area contributed by atoms with Gasteiger partial charge < -0.3 is 4.74 Å². The molecule has 1 heterocycles. The average molecular weight is 443 g/mol. The minimum atomic E-state index is -0.253. The van der Waals surface area contributed by atoms with Crippen molar-refractivity contribution in [2.45, 2.75) is 65.2 Å². The highest BCUT2D eigenvalue weighted by Gasteiger charge is 2.07. The van der Waals surface area contributed by atoms with Gasteiger partial charge in [-0.25, -0.2) is 9.97 Å². The molecule has 1 aromatic heterocycles. The number of ether oxygens (including phenoxy) is 1. The Balaban J connectivity index is 1.54. The van der Waals surface area contributed by atoms with Gasteiger partial charge in [-0.15, -0.1) is 0 Å². The molecule has 0 aliphatic rings. The Kier molecular flexibility index (Phi) is 9.84. The summed E-state index contributed by atoms with van der Waals surface area (Å²) in [6.45, 7) is 4.33. The lowest BCUT2D eigenvalue weighted by Crippen LogP contribution is -2.08. The van der Waals surface area contributed by atoms with Gasteiger partial charge in [-0.2, -0.15) is 0 Å². The first kappa shape index (κ1) is 24.4. The second-order valence-corrected chi connectivity index (χ2v) is 8.22. The summed E-state index contributed by atoms with van der Waals surface area (Å²) in [5.41, 5.74) is 4.69. The third-order valence-corrected chi connectivity index (χ3v) is 5.51. The molecule has 0 N–H and O–H groups in total. The number of unbranched alkanes of at least 4 members (excludes halogenated alkanes) is 3. The van der Waals surface area contributed by atoms with Crippen LogP contribution in [0.1, 0.15) is 64.4 Å². The zero-order valence-electron chi connectivity index (χ0n) is 19.8. The molecule has 0 spiro atoms. The zero-order valence-corrected chi connectivity index (χ0v) is 19.8. The molecular formula is C29H34N2O2. The van der Waals surface area contributed by atoms with Gasteiger partial charge in [0, 0.05) is 12.0 Å². The van der Waals surface area contributed by atoms with Gasteiger partial charge in [-0.3, -0.25) is 4.79 Å². The lowest BCUT2D eigenvalue weighted by Gasteiger charge is -2.07. The first-order valence-electron chi connectivity index (χ1n) is 12.1. The summed E-state index contributed by atoms with van der Waals surface area (Å²) < 4.78 is 5.34. The van der Waals surface area contributed by atoms with Gasteiger partial charge in [0.1, 0.15) is 0 Å². The molecule has 0 atom stereocenters. The lowest BCUT2D eigenvalue weighted by atomic mass is 10.0. The van der Waals surface area contributed by atoms with Crippen molar-refractivity contribution >= 4 is 5.97 Å². The summed E-state index contributed by atoms with van der Waals surface area (Å²) in [5, 5.41) is 0. The highest BCUT2D eigenvalue weighted by Crippen LogP contribution is 2.24. The number of benzene rings is 2. The maximum Gasteiger partial charge on any atom is 0.311 e. The van der Waals surface area contributed by atoms with Crippen LogP contribution >= 0.6 is 0 Å². The summed E-state index contributed by atoms with van der Waals surface area (Å²) in [5.74, 6) is 0.734. The molecule has 3 rings (SSSR count). The van der Waals surface area contributed by atoms with Crippen LogP contribution in [0.25, 0.3) is 22.5 Å². The monoisotopic (exact) mass is 442 g/mol. The van der Waals surface area contributed by atoms with Crippen molar-refractivity contribution in [1.82, 2.24) is 9.97 Å². The molecule has 0 saturated heterocycles. The van der Waals surface area contributed by atoms with Gasteiger partial charge in [0.2, 0.25) is 0 Å². The van der Waals surface area contributed by atoms with Crippen LogP contribution in [0, 0.1) is 0 Å². The number of aryl methyl sites for hydroxylation is 1. The molecule has 0 fully saturated rings. The predicted octanol–water partition coefficient (Wildman–Crippen LogP) is 7.59. The molecule has 0 bridgehead atoms. The molecule has 0 radical (unpaired) electrons.